The van der Waals surface area contributed by atoms with Crippen LogP contribution in [0, 0.1) is 0 Å². The standard InChI is InChI=1S/C71H123NO10/c1-4-7-10-13-16-19-22-25-27-28-29-30-31-32-33-34-35-36-37-38-39-41-44-47-50-53-56-59-66(76)82-69-68(78)67(77)65(60-73)81-71(69)80-61-62(63(74)57-54-51-48-45-42-24-21-18-15-12-9-6-3)72-70(79)64(75)58-55-52-49-46-43-40-26-23-20-17-14-11-8-5-2/h8,11,14,16-17,19-20,23,25,27,29-30,32-33,54,57,62-65,67-69,71,73-75,77-78H,4-7,9-10,12-13,15,18,21-22,24,26,28,31,34-53,55-56,58-61H2,1-3H3,(H,72,79)/b11-8+,17-14+,19-16-,23-20+,27-25-,30-29-,33-32-,57-54+. The number of esters is 1. The molecule has 82 heavy (non-hydrogen) atoms. The van der Waals surface area contributed by atoms with E-state index in [1.54, 1.807) is 6.08 Å². The predicted molar refractivity (Wildman–Crippen MR) is 342 cm³/mol. The third-order valence-electron chi connectivity index (χ3n) is 15.3. The van der Waals surface area contributed by atoms with Gasteiger partial charge in [-0.2, -0.15) is 0 Å². The van der Waals surface area contributed by atoms with Crippen molar-refractivity contribution >= 4 is 11.9 Å². The summed E-state index contributed by atoms with van der Waals surface area (Å²) in [6, 6.07) is -1.04. The number of hydrogen-bond donors (Lipinski definition) is 6. The summed E-state index contributed by atoms with van der Waals surface area (Å²) in [6.45, 7) is 5.62. The Morgan fingerprint density at radius 3 is 1.44 bits per heavy atom. The van der Waals surface area contributed by atoms with Gasteiger partial charge in [0.05, 0.1) is 25.4 Å². The van der Waals surface area contributed by atoms with Gasteiger partial charge in [0.2, 0.25) is 5.91 Å². The summed E-state index contributed by atoms with van der Waals surface area (Å²) in [4.78, 5) is 26.6. The molecule has 8 unspecified atom stereocenters. The molecule has 6 N–H and O–H groups in total. The molecule has 11 nitrogen and oxygen atoms in total. The van der Waals surface area contributed by atoms with Gasteiger partial charge in [-0.1, -0.05) is 279 Å². The van der Waals surface area contributed by atoms with Gasteiger partial charge in [0.25, 0.3) is 0 Å². The Kier molecular flexibility index (Phi) is 54.2. The third-order valence-corrected chi connectivity index (χ3v) is 15.3. The average Bonchev–Trinajstić information content (AvgIpc) is 3.68. The molecular formula is C71H123NO10. The summed E-state index contributed by atoms with van der Waals surface area (Å²) in [7, 11) is 0. The Morgan fingerprint density at radius 1 is 0.500 bits per heavy atom. The number of nitrogens with one attached hydrogen (secondary N) is 1. The molecule has 1 heterocycles. The van der Waals surface area contributed by atoms with E-state index in [9.17, 15) is 35.1 Å². The first kappa shape index (κ1) is 76.6. The lowest BCUT2D eigenvalue weighted by Gasteiger charge is -2.41. The van der Waals surface area contributed by atoms with E-state index in [-0.39, 0.29) is 19.4 Å². The van der Waals surface area contributed by atoms with Crippen LogP contribution in [-0.2, 0) is 23.8 Å². The highest BCUT2D eigenvalue weighted by atomic mass is 16.7. The molecule has 0 saturated carbocycles. The number of rotatable bonds is 56. The highest BCUT2D eigenvalue weighted by Gasteiger charge is 2.47. The van der Waals surface area contributed by atoms with Crippen molar-refractivity contribution in [3.63, 3.8) is 0 Å². The van der Waals surface area contributed by atoms with E-state index < -0.39 is 67.4 Å². The van der Waals surface area contributed by atoms with Crippen LogP contribution in [0.15, 0.2) is 97.2 Å². The molecular weight excluding hydrogens is 1030 g/mol. The number of carbonyl (C=O) groups is 2. The van der Waals surface area contributed by atoms with Crippen LogP contribution in [0.4, 0.5) is 0 Å². The van der Waals surface area contributed by atoms with Crippen LogP contribution < -0.4 is 5.32 Å². The molecule has 472 valence electrons. The number of unbranched alkanes of at least 4 members (excludes halogenated alkanes) is 30. The highest BCUT2D eigenvalue weighted by Crippen LogP contribution is 2.26. The summed E-state index contributed by atoms with van der Waals surface area (Å²) >= 11 is 0. The normalized spacial score (nSPS) is 19.2. The number of allylic oxidation sites excluding steroid dienone is 15. The zero-order chi connectivity index (χ0) is 59.6. The summed E-state index contributed by atoms with van der Waals surface area (Å²) in [5.74, 6) is -1.21. The molecule has 1 amide bonds. The van der Waals surface area contributed by atoms with Crippen molar-refractivity contribution in [1.82, 2.24) is 5.32 Å². The van der Waals surface area contributed by atoms with E-state index >= 15 is 0 Å². The van der Waals surface area contributed by atoms with Gasteiger partial charge in [-0.15, -0.1) is 0 Å². The van der Waals surface area contributed by atoms with Gasteiger partial charge >= 0.3 is 5.97 Å². The van der Waals surface area contributed by atoms with Crippen LogP contribution in [0.1, 0.15) is 278 Å². The fraction of sp³-hybridized carbons (Fsp3) is 0.746. The number of ether oxygens (including phenoxy) is 3. The predicted octanol–water partition coefficient (Wildman–Crippen LogP) is 16.7. The Labute approximate surface area is 501 Å². The van der Waals surface area contributed by atoms with Crippen molar-refractivity contribution in [3.8, 4) is 0 Å². The van der Waals surface area contributed by atoms with Gasteiger partial charge in [0.15, 0.2) is 12.4 Å². The monoisotopic (exact) mass is 1150 g/mol. The first-order valence-electron chi connectivity index (χ1n) is 33.5. The van der Waals surface area contributed by atoms with Crippen LogP contribution in [0.5, 0.6) is 0 Å². The molecule has 8 atom stereocenters. The molecule has 0 spiro atoms. The largest absolute Gasteiger partial charge is 0.454 e. The van der Waals surface area contributed by atoms with Gasteiger partial charge in [-0.05, 0) is 89.9 Å². The van der Waals surface area contributed by atoms with E-state index in [0.717, 1.165) is 109 Å². The molecule has 0 bridgehead atoms. The minimum absolute atomic E-state index is 0.114. The number of aliphatic hydroxyl groups excluding tert-OH is 5. The maximum Gasteiger partial charge on any atom is 0.306 e. The lowest BCUT2D eigenvalue weighted by molar-refractivity contribution is -0.305. The summed E-state index contributed by atoms with van der Waals surface area (Å²) in [6.07, 6.45) is 67.3. The Bertz CT molecular complexity index is 1700. The van der Waals surface area contributed by atoms with Crippen molar-refractivity contribution < 1.29 is 49.3 Å². The van der Waals surface area contributed by atoms with E-state index in [1.165, 1.54) is 122 Å². The first-order chi connectivity index (χ1) is 40.2. The lowest BCUT2D eigenvalue weighted by atomic mass is 9.99. The quantitative estimate of drug-likeness (QED) is 0.0149. The highest BCUT2D eigenvalue weighted by molar-refractivity contribution is 5.80. The van der Waals surface area contributed by atoms with Crippen molar-refractivity contribution in [2.24, 2.45) is 0 Å². The lowest BCUT2D eigenvalue weighted by Crippen LogP contribution is -2.61. The van der Waals surface area contributed by atoms with E-state index in [1.807, 2.05) is 18.2 Å². The molecule has 0 aromatic rings. The topological polar surface area (TPSA) is 175 Å². The van der Waals surface area contributed by atoms with Crippen molar-refractivity contribution in [2.75, 3.05) is 13.2 Å². The first-order valence-corrected chi connectivity index (χ1v) is 33.5. The Morgan fingerprint density at radius 2 is 0.927 bits per heavy atom. The second-order valence-corrected chi connectivity index (χ2v) is 22.9. The fourth-order valence-electron chi connectivity index (χ4n) is 9.99. The SMILES string of the molecule is CC/C=C/C=C/C=C/CCCCCCCCC(O)C(=O)NC(COC1OC(CO)C(O)C(O)C1OC(=O)CCCCCCCCCCCCC/C=C\C/C=C\C/C=C\C/C=C\CCCCC)C(O)/C=C/CCCCCCCCCCCC. The smallest absolute Gasteiger partial charge is 0.306 e. The van der Waals surface area contributed by atoms with Crippen LogP contribution in [-0.4, -0.2) is 99.6 Å². The second kappa shape index (κ2) is 58.0. The Balaban J connectivity index is 2.57. The maximum absolute atomic E-state index is 13.4. The molecule has 1 fully saturated rings. The molecule has 0 aromatic carbocycles. The van der Waals surface area contributed by atoms with Gasteiger partial charge in [0.1, 0.15) is 24.4 Å². The molecule has 1 aliphatic rings. The number of hydrogen-bond acceptors (Lipinski definition) is 10. The Hall–Kier alpha value is -3.42. The molecule has 1 aliphatic heterocycles. The third kappa shape index (κ3) is 45.0. The van der Waals surface area contributed by atoms with Gasteiger partial charge < -0.3 is 45.1 Å². The molecule has 1 rings (SSSR count). The number of aliphatic hydroxyl groups is 5. The summed E-state index contributed by atoms with van der Waals surface area (Å²) in [5, 5.41) is 57.1. The van der Waals surface area contributed by atoms with Crippen molar-refractivity contribution in [3.05, 3.63) is 97.2 Å². The van der Waals surface area contributed by atoms with Crippen LogP contribution in [0.25, 0.3) is 0 Å². The van der Waals surface area contributed by atoms with E-state index in [4.69, 9.17) is 14.2 Å². The molecule has 1 saturated heterocycles. The zero-order valence-electron chi connectivity index (χ0n) is 52.3. The fourth-order valence-corrected chi connectivity index (χ4v) is 9.99. The molecule has 0 radical (unpaired) electrons. The maximum atomic E-state index is 13.4. The van der Waals surface area contributed by atoms with Crippen molar-refractivity contribution in [1.29, 1.82) is 0 Å². The molecule has 0 aliphatic carbocycles. The van der Waals surface area contributed by atoms with Crippen molar-refractivity contribution in [2.45, 2.75) is 327 Å². The second-order valence-electron chi connectivity index (χ2n) is 22.9. The van der Waals surface area contributed by atoms with Crippen LogP contribution >= 0.6 is 0 Å². The van der Waals surface area contributed by atoms with Gasteiger partial charge in [-0.3, -0.25) is 9.59 Å². The average molecular weight is 1150 g/mol. The van der Waals surface area contributed by atoms with E-state index in [2.05, 4.69) is 99.0 Å². The number of carbonyl (C=O) groups excluding carboxylic acids is 2. The van der Waals surface area contributed by atoms with E-state index in [0.29, 0.717) is 12.8 Å². The zero-order valence-corrected chi connectivity index (χ0v) is 52.3. The van der Waals surface area contributed by atoms with Crippen LogP contribution in [0.3, 0.4) is 0 Å². The summed E-state index contributed by atoms with van der Waals surface area (Å²) < 4.78 is 17.7. The minimum atomic E-state index is -1.62. The molecule has 11 heteroatoms. The van der Waals surface area contributed by atoms with Gasteiger partial charge in [0, 0.05) is 6.42 Å². The number of amides is 1. The van der Waals surface area contributed by atoms with Gasteiger partial charge in [-0.25, -0.2) is 0 Å². The van der Waals surface area contributed by atoms with Crippen LogP contribution in [0.2, 0.25) is 0 Å². The minimum Gasteiger partial charge on any atom is -0.454 e. The molecule has 0 aromatic heterocycles. The summed E-state index contributed by atoms with van der Waals surface area (Å²) in [5.41, 5.74) is 0.